The van der Waals surface area contributed by atoms with Crippen LogP contribution >= 0.6 is 0 Å². The number of aromatic nitrogens is 2. The molecule has 1 aromatic carbocycles. The second kappa shape index (κ2) is 12.7. The number of para-hydroxylation sites is 2. The fraction of sp³-hybridized carbons (Fsp3) is 0.621. The van der Waals surface area contributed by atoms with Crippen LogP contribution in [0.25, 0.3) is 0 Å². The van der Waals surface area contributed by atoms with Gasteiger partial charge in [-0.15, -0.1) is 0 Å². The number of carbonyl (C=O) groups excluding carboxylic acids is 2. The summed E-state index contributed by atoms with van der Waals surface area (Å²) < 4.78 is 12.8. The number of rotatable bonds is 8. The molecule has 10 heteroatoms. The lowest BCUT2D eigenvalue weighted by Crippen LogP contribution is -2.47. The van der Waals surface area contributed by atoms with Crippen molar-refractivity contribution in [3.63, 3.8) is 0 Å². The first-order valence-electron chi connectivity index (χ1n) is 14.0. The van der Waals surface area contributed by atoms with E-state index in [1.807, 2.05) is 50.7 Å². The summed E-state index contributed by atoms with van der Waals surface area (Å²) in [6.45, 7) is 12.3. The molecule has 0 bridgehead atoms. The predicted molar refractivity (Wildman–Crippen MR) is 152 cm³/mol. The van der Waals surface area contributed by atoms with Gasteiger partial charge in [-0.05, 0) is 58.7 Å². The van der Waals surface area contributed by atoms with Crippen molar-refractivity contribution in [3.05, 3.63) is 41.7 Å². The van der Waals surface area contributed by atoms with Crippen molar-refractivity contribution in [3.8, 4) is 5.75 Å². The maximum atomic E-state index is 13.1. The quantitative estimate of drug-likeness (QED) is 0.513. The van der Waals surface area contributed by atoms with Crippen molar-refractivity contribution in [2.45, 2.75) is 51.6 Å². The van der Waals surface area contributed by atoms with E-state index in [2.05, 4.69) is 26.3 Å². The van der Waals surface area contributed by atoms with Gasteiger partial charge in [0.05, 0.1) is 30.3 Å². The van der Waals surface area contributed by atoms with Gasteiger partial charge < -0.3 is 24.6 Å². The van der Waals surface area contributed by atoms with Gasteiger partial charge in [0.2, 0.25) is 0 Å². The molecule has 2 amide bonds. The third-order valence-corrected chi connectivity index (χ3v) is 7.50. The summed E-state index contributed by atoms with van der Waals surface area (Å²) in [7, 11) is 3.60. The first-order valence-corrected chi connectivity index (χ1v) is 14.0. The van der Waals surface area contributed by atoms with Gasteiger partial charge in [-0.3, -0.25) is 14.4 Å². The number of nitrogens with one attached hydrogen (secondary N) is 1. The van der Waals surface area contributed by atoms with Crippen LogP contribution in [0.3, 0.4) is 0 Å². The van der Waals surface area contributed by atoms with Crippen molar-refractivity contribution >= 4 is 17.7 Å². The Morgan fingerprint density at radius 2 is 1.74 bits per heavy atom. The molecule has 2 saturated heterocycles. The summed E-state index contributed by atoms with van der Waals surface area (Å²) in [5.41, 5.74) is 2.23. The first kappa shape index (κ1) is 28.7. The van der Waals surface area contributed by atoms with E-state index in [1.165, 1.54) is 0 Å². The minimum absolute atomic E-state index is 0.0753. The molecule has 1 N–H and O–H groups in total. The number of ether oxygens (including phenoxy) is 2. The normalized spacial score (nSPS) is 17.3. The number of piperidine rings is 1. The van der Waals surface area contributed by atoms with E-state index in [-0.39, 0.29) is 17.9 Å². The molecule has 0 spiro atoms. The van der Waals surface area contributed by atoms with E-state index < -0.39 is 5.60 Å². The Hall–Kier alpha value is -3.27. The van der Waals surface area contributed by atoms with Crippen molar-refractivity contribution in [1.29, 1.82) is 0 Å². The second-order valence-electron chi connectivity index (χ2n) is 11.4. The number of likely N-dealkylation sites (tertiary alicyclic amines) is 1. The molecule has 0 unspecified atom stereocenters. The maximum absolute atomic E-state index is 13.1. The Bertz CT molecular complexity index is 1110. The number of methoxy groups -OCH3 is 1. The number of amides is 2. The van der Waals surface area contributed by atoms with E-state index in [0.29, 0.717) is 25.2 Å². The zero-order chi connectivity index (χ0) is 28.0. The predicted octanol–water partition coefficient (Wildman–Crippen LogP) is 3.49. The highest BCUT2D eigenvalue weighted by Gasteiger charge is 2.31. The standard InChI is InChI=1S/C29H44N6O4/c1-29(2,3)39-28(37)35-15-11-22(12-16-35)26-23(21-31-32(26)4)27(36)30-13-8-14-33-17-19-34(20-18-33)24-9-6-7-10-25(24)38-5/h6-7,9-10,21-22H,8,11-20H2,1-5H3,(H,30,36). The molecule has 3 heterocycles. The lowest BCUT2D eigenvalue weighted by Gasteiger charge is -2.36. The second-order valence-corrected chi connectivity index (χ2v) is 11.4. The lowest BCUT2D eigenvalue weighted by atomic mass is 9.91. The topological polar surface area (TPSA) is 92.2 Å². The number of hydrogen-bond acceptors (Lipinski definition) is 7. The molecule has 214 valence electrons. The molecule has 0 aliphatic carbocycles. The van der Waals surface area contributed by atoms with E-state index in [0.717, 1.165) is 69.1 Å². The molecule has 2 aromatic rings. The highest BCUT2D eigenvalue weighted by atomic mass is 16.6. The largest absolute Gasteiger partial charge is 0.495 e. The van der Waals surface area contributed by atoms with Gasteiger partial charge in [0.15, 0.2) is 0 Å². The average molecular weight is 541 g/mol. The highest BCUT2D eigenvalue weighted by Crippen LogP contribution is 2.31. The van der Waals surface area contributed by atoms with Crippen LogP contribution in [0.2, 0.25) is 0 Å². The Balaban J connectivity index is 1.21. The molecular formula is C29H44N6O4. The molecule has 0 atom stereocenters. The fourth-order valence-corrected chi connectivity index (χ4v) is 5.47. The van der Waals surface area contributed by atoms with Gasteiger partial charge in [0.25, 0.3) is 5.91 Å². The van der Waals surface area contributed by atoms with E-state index in [9.17, 15) is 9.59 Å². The molecule has 1 aromatic heterocycles. The first-order chi connectivity index (χ1) is 18.7. The summed E-state index contributed by atoms with van der Waals surface area (Å²) in [5, 5.41) is 7.49. The zero-order valence-corrected chi connectivity index (χ0v) is 24.1. The SMILES string of the molecule is COc1ccccc1N1CCN(CCCNC(=O)c2cnn(C)c2C2CCN(C(=O)OC(C)(C)C)CC2)CC1. The molecule has 2 aliphatic rings. The van der Waals surface area contributed by atoms with E-state index >= 15 is 0 Å². The molecule has 2 aliphatic heterocycles. The molecular weight excluding hydrogens is 496 g/mol. The van der Waals surface area contributed by atoms with E-state index in [4.69, 9.17) is 9.47 Å². The van der Waals surface area contributed by atoms with Gasteiger partial charge in [-0.1, -0.05) is 12.1 Å². The Kier molecular flexibility index (Phi) is 9.37. The summed E-state index contributed by atoms with van der Waals surface area (Å²) >= 11 is 0. The number of hydrogen-bond donors (Lipinski definition) is 1. The Labute approximate surface area is 232 Å². The fourth-order valence-electron chi connectivity index (χ4n) is 5.47. The number of benzene rings is 1. The van der Waals surface area contributed by atoms with Crippen LogP contribution in [0.4, 0.5) is 10.5 Å². The van der Waals surface area contributed by atoms with Crippen LogP contribution in [0.5, 0.6) is 5.75 Å². The molecule has 39 heavy (non-hydrogen) atoms. The van der Waals surface area contributed by atoms with Crippen molar-refractivity contribution in [1.82, 2.24) is 24.9 Å². The van der Waals surface area contributed by atoms with Crippen LogP contribution in [0, 0.1) is 0 Å². The highest BCUT2D eigenvalue weighted by molar-refractivity contribution is 5.95. The van der Waals surface area contributed by atoms with Crippen LogP contribution in [-0.2, 0) is 11.8 Å². The minimum Gasteiger partial charge on any atom is -0.495 e. The van der Waals surface area contributed by atoms with E-state index in [1.54, 1.807) is 18.2 Å². The average Bonchev–Trinajstić information content (AvgIpc) is 3.31. The number of aryl methyl sites for hydroxylation is 1. The molecule has 0 radical (unpaired) electrons. The van der Waals surface area contributed by atoms with Crippen molar-refractivity contribution < 1.29 is 19.1 Å². The summed E-state index contributed by atoms with van der Waals surface area (Å²) in [5.74, 6) is 1.02. The zero-order valence-electron chi connectivity index (χ0n) is 24.1. The summed E-state index contributed by atoms with van der Waals surface area (Å²) in [4.78, 5) is 32.1. The van der Waals surface area contributed by atoms with Crippen LogP contribution in [0.15, 0.2) is 30.5 Å². The number of nitrogens with zero attached hydrogens (tertiary/aromatic N) is 5. The van der Waals surface area contributed by atoms with Crippen LogP contribution < -0.4 is 15.0 Å². The van der Waals surface area contributed by atoms with Gasteiger partial charge in [0, 0.05) is 58.8 Å². The van der Waals surface area contributed by atoms with Crippen molar-refractivity contribution in [2.24, 2.45) is 7.05 Å². The van der Waals surface area contributed by atoms with Gasteiger partial charge in [0.1, 0.15) is 11.4 Å². The van der Waals surface area contributed by atoms with Crippen LogP contribution in [0.1, 0.15) is 62.0 Å². The Morgan fingerprint density at radius 1 is 1.05 bits per heavy atom. The molecule has 4 rings (SSSR count). The third kappa shape index (κ3) is 7.44. The summed E-state index contributed by atoms with van der Waals surface area (Å²) in [6.07, 6.45) is 3.84. The monoisotopic (exact) mass is 540 g/mol. The van der Waals surface area contributed by atoms with Gasteiger partial charge in [-0.2, -0.15) is 5.10 Å². The maximum Gasteiger partial charge on any atom is 0.410 e. The number of carbonyl (C=O) groups is 2. The molecule has 0 saturated carbocycles. The lowest BCUT2D eigenvalue weighted by molar-refractivity contribution is 0.0203. The Morgan fingerprint density at radius 3 is 2.41 bits per heavy atom. The van der Waals surface area contributed by atoms with Crippen molar-refractivity contribution in [2.75, 3.05) is 64.4 Å². The summed E-state index contributed by atoms with van der Waals surface area (Å²) in [6, 6.07) is 8.16. The smallest absolute Gasteiger partial charge is 0.410 e. The number of anilines is 1. The third-order valence-electron chi connectivity index (χ3n) is 7.50. The van der Waals surface area contributed by atoms with Gasteiger partial charge >= 0.3 is 6.09 Å². The van der Waals surface area contributed by atoms with Gasteiger partial charge in [-0.25, -0.2) is 4.79 Å². The van der Waals surface area contributed by atoms with Crippen LogP contribution in [-0.4, -0.2) is 96.6 Å². The molecule has 2 fully saturated rings. The molecule has 10 nitrogen and oxygen atoms in total. The number of piperazine rings is 1. The minimum atomic E-state index is -0.508.